The predicted octanol–water partition coefficient (Wildman–Crippen LogP) is 19.9. The molecule has 2 aliphatic carbocycles. The molecule has 4 nitrogen and oxygen atoms in total. The highest BCUT2D eigenvalue weighted by atomic mass is 15.1. The second-order valence-corrected chi connectivity index (χ2v) is 21.8. The molecule has 0 N–H and O–H groups in total. The molecule has 4 heteroatoms. The van der Waals surface area contributed by atoms with E-state index < -0.39 is 0 Å². The summed E-state index contributed by atoms with van der Waals surface area (Å²) in [5, 5.41) is 0. The second-order valence-electron chi connectivity index (χ2n) is 21.8. The van der Waals surface area contributed by atoms with Crippen molar-refractivity contribution >= 4 is 45.2 Å². The SMILES string of the molecule is CC1(C)c2ccccc2-c2ccc(N(c3ccccc3)c3ccc(-c4ccc(-c5nc6ccccc6nc5-c5ccc(-c6ccc(N(c7ccccc7)c7ccc8c(c7)C(C)(C)c7ccccc7-8)cc6)cc5)cc4)cc3)cc21. The van der Waals surface area contributed by atoms with Gasteiger partial charge >= 0.3 is 0 Å². The van der Waals surface area contributed by atoms with Gasteiger partial charge in [0.2, 0.25) is 0 Å². The number of anilines is 6. The van der Waals surface area contributed by atoms with E-state index in [1.54, 1.807) is 0 Å². The third-order valence-corrected chi connectivity index (χ3v) is 16.5. The van der Waals surface area contributed by atoms with Crippen LogP contribution in [0.4, 0.5) is 34.1 Å². The zero-order valence-corrected chi connectivity index (χ0v) is 44.2. The lowest BCUT2D eigenvalue weighted by Crippen LogP contribution is -2.16. The topological polar surface area (TPSA) is 32.3 Å². The Labute approximate surface area is 457 Å². The summed E-state index contributed by atoms with van der Waals surface area (Å²) in [4.78, 5) is 15.3. The van der Waals surface area contributed by atoms with Crippen molar-refractivity contribution in [3.63, 3.8) is 0 Å². The first kappa shape index (κ1) is 46.9. The van der Waals surface area contributed by atoms with Crippen molar-refractivity contribution in [2.75, 3.05) is 9.80 Å². The average Bonchev–Trinajstić information content (AvgIpc) is 3.93. The third-order valence-electron chi connectivity index (χ3n) is 16.5. The van der Waals surface area contributed by atoms with Crippen molar-refractivity contribution in [1.82, 2.24) is 9.97 Å². The van der Waals surface area contributed by atoms with Gasteiger partial charge in [-0.25, -0.2) is 9.97 Å². The Morgan fingerprint density at radius 3 is 0.910 bits per heavy atom. The summed E-state index contributed by atoms with van der Waals surface area (Å²) in [5.41, 5.74) is 27.3. The first-order valence-electron chi connectivity index (χ1n) is 27.1. The van der Waals surface area contributed by atoms with Crippen molar-refractivity contribution in [3.8, 4) is 67.0 Å². The zero-order valence-electron chi connectivity index (χ0n) is 44.2. The number of para-hydroxylation sites is 4. The molecule has 0 bridgehead atoms. The molecule has 0 fully saturated rings. The minimum Gasteiger partial charge on any atom is -0.310 e. The van der Waals surface area contributed by atoms with Crippen LogP contribution in [-0.4, -0.2) is 9.97 Å². The van der Waals surface area contributed by atoms with Crippen molar-refractivity contribution in [2.45, 2.75) is 38.5 Å². The van der Waals surface area contributed by atoms with Gasteiger partial charge in [-0.3, -0.25) is 0 Å². The van der Waals surface area contributed by atoms with Gasteiger partial charge < -0.3 is 9.80 Å². The molecule has 0 amide bonds. The molecule has 0 atom stereocenters. The summed E-state index contributed by atoms with van der Waals surface area (Å²) >= 11 is 0. The monoisotopic (exact) mass is 1000 g/mol. The minimum atomic E-state index is -0.0945. The number of fused-ring (bicyclic) bond motifs is 7. The van der Waals surface area contributed by atoms with Gasteiger partial charge in [-0.1, -0.05) is 210 Å². The van der Waals surface area contributed by atoms with Crippen molar-refractivity contribution in [1.29, 1.82) is 0 Å². The number of hydrogen-bond acceptors (Lipinski definition) is 4. The van der Waals surface area contributed by atoms with Crippen LogP contribution in [0.3, 0.4) is 0 Å². The maximum atomic E-state index is 5.28. The maximum absolute atomic E-state index is 5.28. The van der Waals surface area contributed by atoms with Gasteiger partial charge in [-0.2, -0.15) is 0 Å². The Morgan fingerprint density at radius 2 is 0.526 bits per heavy atom. The summed E-state index contributed by atoms with van der Waals surface area (Å²) < 4.78 is 0. The number of benzene rings is 11. The first-order chi connectivity index (χ1) is 38.2. The summed E-state index contributed by atoms with van der Waals surface area (Å²) in [6.45, 7) is 9.37. The molecular formula is C74H56N4. The smallest absolute Gasteiger partial charge is 0.0973 e. The van der Waals surface area contributed by atoms with Gasteiger partial charge in [0.25, 0.3) is 0 Å². The van der Waals surface area contributed by atoms with Crippen molar-refractivity contribution < 1.29 is 0 Å². The summed E-state index contributed by atoms with van der Waals surface area (Å²) in [6, 6.07) is 96.5. The van der Waals surface area contributed by atoms with Crippen LogP contribution >= 0.6 is 0 Å². The molecule has 14 rings (SSSR count). The average molecular weight is 1000 g/mol. The summed E-state index contributed by atoms with van der Waals surface area (Å²) in [5.74, 6) is 0. The molecule has 0 spiro atoms. The highest BCUT2D eigenvalue weighted by Gasteiger charge is 2.37. The van der Waals surface area contributed by atoms with Crippen LogP contribution in [-0.2, 0) is 10.8 Å². The highest BCUT2D eigenvalue weighted by Crippen LogP contribution is 2.52. The van der Waals surface area contributed by atoms with Crippen LogP contribution < -0.4 is 9.80 Å². The molecule has 1 aromatic heterocycles. The molecule has 0 aliphatic heterocycles. The molecule has 1 heterocycles. The molecule has 0 radical (unpaired) electrons. The highest BCUT2D eigenvalue weighted by molar-refractivity contribution is 5.90. The van der Waals surface area contributed by atoms with Crippen LogP contribution in [0, 0.1) is 0 Å². The largest absolute Gasteiger partial charge is 0.310 e. The fraction of sp³-hybridized carbons (Fsp3) is 0.0811. The summed E-state index contributed by atoms with van der Waals surface area (Å²) in [7, 11) is 0. The minimum absolute atomic E-state index is 0.0945. The third kappa shape index (κ3) is 7.91. The molecule has 372 valence electrons. The second kappa shape index (κ2) is 18.6. The van der Waals surface area contributed by atoms with Gasteiger partial charge in [-0.05, 0) is 152 Å². The lowest BCUT2D eigenvalue weighted by atomic mass is 9.82. The molecule has 12 aromatic rings. The fourth-order valence-electron chi connectivity index (χ4n) is 12.4. The lowest BCUT2D eigenvalue weighted by molar-refractivity contribution is 0.660. The van der Waals surface area contributed by atoms with E-state index in [2.05, 4.69) is 280 Å². The molecule has 11 aromatic carbocycles. The van der Waals surface area contributed by atoms with E-state index in [4.69, 9.17) is 9.97 Å². The Balaban J connectivity index is 0.744. The van der Waals surface area contributed by atoms with Crippen LogP contribution in [0.15, 0.2) is 267 Å². The molecular weight excluding hydrogens is 945 g/mol. The van der Waals surface area contributed by atoms with Crippen molar-refractivity contribution in [3.05, 3.63) is 289 Å². The Kier molecular flexibility index (Phi) is 11.2. The first-order valence-corrected chi connectivity index (χ1v) is 27.1. The maximum Gasteiger partial charge on any atom is 0.0973 e. The van der Waals surface area contributed by atoms with E-state index in [9.17, 15) is 0 Å². The van der Waals surface area contributed by atoms with Crippen LogP contribution in [0.25, 0.3) is 78.1 Å². The molecule has 2 aliphatic rings. The predicted molar refractivity (Wildman–Crippen MR) is 326 cm³/mol. The summed E-state index contributed by atoms with van der Waals surface area (Å²) in [6.07, 6.45) is 0. The molecule has 0 unspecified atom stereocenters. The number of rotatable bonds is 10. The van der Waals surface area contributed by atoms with E-state index in [1.807, 2.05) is 24.3 Å². The van der Waals surface area contributed by atoms with E-state index in [0.717, 1.165) is 89.9 Å². The normalized spacial score (nSPS) is 13.3. The van der Waals surface area contributed by atoms with Gasteiger partial charge in [-0.15, -0.1) is 0 Å². The Bertz CT molecular complexity index is 3940. The molecule has 0 saturated carbocycles. The zero-order chi connectivity index (χ0) is 52.5. The van der Waals surface area contributed by atoms with Gasteiger partial charge in [0.15, 0.2) is 0 Å². The van der Waals surface area contributed by atoms with Crippen LogP contribution in [0.5, 0.6) is 0 Å². The molecule has 0 saturated heterocycles. The van der Waals surface area contributed by atoms with E-state index in [0.29, 0.717) is 0 Å². The fourth-order valence-corrected chi connectivity index (χ4v) is 12.4. The molecule has 78 heavy (non-hydrogen) atoms. The van der Waals surface area contributed by atoms with Gasteiger partial charge in [0.1, 0.15) is 0 Å². The van der Waals surface area contributed by atoms with E-state index in [-0.39, 0.29) is 10.8 Å². The quantitative estimate of drug-likeness (QED) is 0.137. The Morgan fingerprint density at radius 1 is 0.244 bits per heavy atom. The van der Waals surface area contributed by atoms with Crippen LogP contribution in [0.2, 0.25) is 0 Å². The van der Waals surface area contributed by atoms with Crippen LogP contribution in [0.1, 0.15) is 49.9 Å². The Hall–Kier alpha value is -9.64. The van der Waals surface area contributed by atoms with Gasteiger partial charge in [0, 0.05) is 56.1 Å². The van der Waals surface area contributed by atoms with E-state index >= 15 is 0 Å². The van der Waals surface area contributed by atoms with Gasteiger partial charge in [0.05, 0.1) is 22.4 Å². The number of hydrogen-bond donors (Lipinski definition) is 0. The number of nitrogens with zero attached hydrogens (tertiary/aromatic N) is 4. The standard InChI is InChI=1S/C74H56N4/c1-73(2)65-23-13-11-21-61(65)63-45-43-59(47-67(63)73)77(55-17-7-5-8-18-55)57-39-35-51(36-40-57)49-27-31-53(32-28-49)71-72(76-70-26-16-15-25-69(70)75-71)54-33-29-50(30-34-54)52-37-41-58(42-38-52)78(56-19-9-6-10-20-56)60-44-46-64-62-22-12-14-24-66(62)74(3,4)68(64)48-60/h5-48H,1-4H3. The van der Waals surface area contributed by atoms with E-state index in [1.165, 1.54) is 44.5 Å². The number of aromatic nitrogens is 2. The van der Waals surface area contributed by atoms with Crippen molar-refractivity contribution in [2.24, 2.45) is 0 Å². The lowest BCUT2D eigenvalue weighted by Gasteiger charge is -2.28.